The molecule has 1 aromatic rings. The summed E-state index contributed by atoms with van der Waals surface area (Å²) in [6.45, 7) is 3.31. The number of hydrogen-bond acceptors (Lipinski definition) is 6. The third-order valence-electron chi connectivity index (χ3n) is 2.96. The third kappa shape index (κ3) is 2.28. The van der Waals surface area contributed by atoms with Gasteiger partial charge in [0.1, 0.15) is 5.82 Å². The van der Waals surface area contributed by atoms with Gasteiger partial charge >= 0.3 is 0 Å². The average Bonchev–Trinajstić information content (AvgIpc) is 2.79. The molecule has 1 amide bonds. The van der Waals surface area contributed by atoms with Gasteiger partial charge in [-0.05, 0) is 13.3 Å². The van der Waals surface area contributed by atoms with Crippen LogP contribution in [0.5, 0.6) is 0 Å². The zero-order chi connectivity index (χ0) is 12.4. The fraction of sp³-hybridized carbons (Fsp3) is 0.500. The molecule has 2 heterocycles. The number of carbonyl (C=O) groups excluding carboxylic acids is 1. The number of rotatable bonds is 3. The van der Waals surface area contributed by atoms with Crippen molar-refractivity contribution < 1.29 is 4.79 Å². The molecule has 0 spiro atoms. The zero-order valence-corrected chi connectivity index (χ0v) is 9.68. The van der Waals surface area contributed by atoms with Crippen LogP contribution in [0.25, 0.3) is 0 Å². The molecule has 2 rings (SSSR count). The smallest absolute Gasteiger partial charge is 0.239 e. The molecule has 92 valence electrons. The Kier molecular flexibility index (Phi) is 3.10. The number of nitrogens with zero attached hydrogens (tertiary/aromatic N) is 3. The molecule has 7 nitrogen and oxygen atoms in total. The van der Waals surface area contributed by atoms with E-state index in [0.29, 0.717) is 12.5 Å². The first kappa shape index (κ1) is 11.6. The summed E-state index contributed by atoms with van der Waals surface area (Å²) < 4.78 is 0. The van der Waals surface area contributed by atoms with Crippen LogP contribution in [0.3, 0.4) is 0 Å². The highest BCUT2D eigenvalue weighted by molar-refractivity contribution is 5.78. The van der Waals surface area contributed by atoms with Crippen molar-refractivity contribution in [3.05, 3.63) is 11.8 Å². The summed E-state index contributed by atoms with van der Waals surface area (Å²) in [5.74, 6) is 6.09. The molecule has 0 saturated carbocycles. The molecule has 1 aromatic heterocycles. The van der Waals surface area contributed by atoms with E-state index in [4.69, 9.17) is 11.6 Å². The van der Waals surface area contributed by atoms with Crippen LogP contribution in [0.2, 0.25) is 0 Å². The Morgan fingerprint density at radius 2 is 2.41 bits per heavy atom. The van der Waals surface area contributed by atoms with Gasteiger partial charge in [-0.25, -0.2) is 10.8 Å². The van der Waals surface area contributed by atoms with Crippen molar-refractivity contribution in [2.75, 3.05) is 23.4 Å². The Morgan fingerprint density at radius 3 is 3.00 bits per heavy atom. The van der Waals surface area contributed by atoms with Crippen molar-refractivity contribution in [3.8, 4) is 0 Å². The molecule has 17 heavy (non-hydrogen) atoms. The highest BCUT2D eigenvalue weighted by Crippen LogP contribution is 2.25. The van der Waals surface area contributed by atoms with E-state index >= 15 is 0 Å². The van der Waals surface area contributed by atoms with Gasteiger partial charge in [0.2, 0.25) is 11.9 Å². The lowest BCUT2D eigenvalue weighted by Crippen LogP contribution is -2.28. The number of nitrogen functional groups attached to an aromatic ring is 1. The van der Waals surface area contributed by atoms with Crippen LogP contribution >= 0.6 is 0 Å². The van der Waals surface area contributed by atoms with Crippen molar-refractivity contribution >= 4 is 17.7 Å². The Bertz CT molecular complexity index is 435. The third-order valence-corrected chi connectivity index (χ3v) is 2.96. The van der Waals surface area contributed by atoms with Gasteiger partial charge in [-0.3, -0.25) is 10.2 Å². The van der Waals surface area contributed by atoms with Crippen molar-refractivity contribution in [1.82, 2.24) is 9.97 Å². The number of carbonyl (C=O) groups is 1. The lowest BCUT2D eigenvalue weighted by Gasteiger charge is -2.19. The van der Waals surface area contributed by atoms with Gasteiger partial charge in [0.05, 0.1) is 5.92 Å². The van der Waals surface area contributed by atoms with E-state index in [-0.39, 0.29) is 11.8 Å². The van der Waals surface area contributed by atoms with E-state index in [1.165, 1.54) is 0 Å². The van der Waals surface area contributed by atoms with Gasteiger partial charge in [0.15, 0.2) is 0 Å². The molecule has 1 saturated heterocycles. The maximum atomic E-state index is 11.1. The molecule has 0 radical (unpaired) electrons. The number of aryl methyl sites for hydroxylation is 1. The minimum atomic E-state index is -0.253. The molecule has 1 aliphatic heterocycles. The first-order chi connectivity index (χ1) is 8.11. The minimum absolute atomic E-state index is 0.0985. The fourth-order valence-electron chi connectivity index (χ4n) is 2.01. The summed E-state index contributed by atoms with van der Waals surface area (Å²) in [7, 11) is 0. The lowest BCUT2D eigenvalue weighted by atomic mass is 10.1. The summed E-state index contributed by atoms with van der Waals surface area (Å²) >= 11 is 0. The zero-order valence-electron chi connectivity index (χ0n) is 9.68. The topological polar surface area (TPSA) is 110 Å². The Hall–Kier alpha value is -1.89. The predicted molar refractivity (Wildman–Crippen MR) is 64.1 cm³/mol. The normalized spacial score (nSPS) is 19.4. The van der Waals surface area contributed by atoms with Crippen LogP contribution < -0.4 is 21.9 Å². The summed E-state index contributed by atoms with van der Waals surface area (Å²) in [6.07, 6.45) is 2.47. The molecule has 0 aliphatic carbocycles. The first-order valence-corrected chi connectivity index (χ1v) is 5.46. The molecular formula is C10H16N6O. The number of nitrogens with one attached hydrogen (secondary N) is 1. The van der Waals surface area contributed by atoms with Crippen LogP contribution in [0, 0.1) is 12.8 Å². The summed E-state index contributed by atoms with van der Waals surface area (Å²) in [5, 5.41) is 0. The summed E-state index contributed by atoms with van der Waals surface area (Å²) in [5.41, 5.74) is 8.67. The summed E-state index contributed by atoms with van der Waals surface area (Å²) in [6, 6.07) is 0. The second kappa shape index (κ2) is 4.54. The molecule has 1 fully saturated rings. The molecule has 7 heteroatoms. The van der Waals surface area contributed by atoms with E-state index in [2.05, 4.69) is 15.4 Å². The number of amides is 1. The van der Waals surface area contributed by atoms with E-state index in [0.717, 1.165) is 24.3 Å². The minimum Gasteiger partial charge on any atom is -0.369 e. The van der Waals surface area contributed by atoms with Gasteiger partial charge in [-0.2, -0.15) is 4.98 Å². The van der Waals surface area contributed by atoms with E-state index in [1.807, 2.05) is 11.8 Å². The largest absolute Gasteiger partial charge is 0.369 e. The molecule has 1 aliphatic rings. The van der Waals surface area contributed by atoms with Gasteiger partial charge in [-0.15, -0.1) is 0 Å². The first-order valence-electron chi connectivity index (χ1n) is 5.46. The van der Waals surface area contributed by atoms with Crippen molar-refractivity contribution in [3.63, 3.8) is 0 Å². The number of aromatic nitrogens is 2. The van der Waals surface area contributed by atoms with E-state index < -0.39 is 0 Å². The molecule has 5 N–H and O–H groups in total. The lowest BCUT2D eigenvalue weighted by molar-refractivity contribution is -0.121. The van der Waals surface area contributed by atoms with E-state index in [1.54, 1.807) is 6.20 Å². The maximum absolute atomic E-state index is 11.1. The molecule has 1 atom stereocenters. The number of anilines is 2. The van der Waals surface area contributed by atoms with Crippen molar-refractivity contribution in [2.45, 2.75) is 13.3 Å². The standard InChI is InChI=1S/C10H16N6O/c1-6-4-13-10(15-12)14-9(6)16-3-2-7(5-16)8(11)17/h4,7H,2-3,5,12H2,1H3,(H2,11,17)(H,13,14,15). The Morgan fingerprint density at radius 1 is 1.65 bits per heavy atom. The predicted octanol–water partition coefficient (Wildman–Crippen LogP) is -0.618. The van der Waals surface area contributed by atoms with Crippen molar-refractivity contribution in [2.24, 2.45) is 17.5 Å². The maximum Gasteiger partial charge on any atom is 0.239 e. The van der Waals surface area contributed by atoms with Crippen LogP contribution in [0.4, 0.5) is 11.8 Å². The second-order valence-corrected chi connectivity index (χ2v) is 4.18. The number of hydrazine groups is 1. The van der Waals surface area contributed by atoms with E-state index in [9.17, 15) is 4.79 Å². The fourth-order valence-corrected chi connectivity index (χ4v) is 2.01. The second-order valence-electron chi connectivity index (χ2n) is 4.18. The van der Waals surface area contributed by atoms with Gasteiger partial charge < -0.3 is 10.6 Å². The van der Waals surface area contributed by atoms with Crippen LogP contribution in [-0.4, -0.2) is 29.0 Å². The number of hydrogen-bond donors (Lipinski definition) is 3. The van der Waals surface area contributed by atoms with Gasteiger partial charge in [-0.1, -0.05) is 0 Å². The molecule has 0 bridgehead atoms. The molecular weight excluding hydrogens is 220 g/mol. The Labute approximate surface area is 99.2 Å². The highest BCUT2D eigenvalue weighted by Gasteiger charge is 2.28. The monoisotopic (exact) mass is 236 g/mol. The number of nitrogens with two attached hydrogens (primary N) is 2. The SMILES string of the molecule is Cc1cnc(NN)nc1N1CCC(C(N)=O)C1. The average molecular weight is 236 g/mol. The molecule has 0 aromatic carbocycles. The van der Waals surface area contributed by atoms with Gasteiger partial charge in [0, 0.05) is 24.8 Å². The summed E-state index contributed by atoms with van der Waals surface area (Å²) in [4.78, 5) is 21.5. The highest BCUT2D eigenvalue weighted by atomic mass is 16.1. The van der Waals surface area contributed by atoms with Crippen LogP contribution in [0.1, 0.15) is 12.0 Å². The van der Waals surface area contributed by atoms with Crippen molar-refractivity contribution in [1.29, 1.82) is 0 Å². The Balaban J connectivity index is 2.20. The number of primary amides is 1. The molecule has 1 unspecified atom stereocenters. The quantitative estimate of drug-likeness (QED) is 0.476. The van der Waals surface area contributed by atoms with Crippen LogP contribution in [0.15, 0.2) is 6.20 Å². The van der Waals surface area contributed by atoms with Gasteiger partial charge in [0.25, 0.3) is 0 Å². The van der Waals surface area contributed by atoms with Crippen LogP contribution in [-0.2, 0) is 4.79 Å².